The first kappa shape index (κ1) is 9.93. The minimum Gasteiger partial charge on any atom is -0.384 e. The molecule has 0 aliphatic carbocycles. The van der Waals surface area contributed by atoms with Gasteiger partial charge in [0, 0.05) is 5.75 Å². The summed E-state index contributed by atoms with van der Waals surface area (Å²) in [4.78, 5) is 0. The van der Waals surface area contributed by atoms with E-state index in [1.165, 1.54) is 6.07 Å². The highest BCUT2D eigenvalue weighted by Crippen LogP contribution is 2.36. The molecule has 0 saturated carbocycles. The lowest BCUT2D eigenvalue weighted by atomic mass is 9.93. The van der Waals surface area contributed by atoms with Crippen molar-refractivity contribution >= 4 is 11.8 Å². The fraction of sp³-hybridized carbons (Fsp3) is 0.400. The Morgan fingerprint density at radius 2 is 2.07 bits per heavy atom. The third-order valence-corrected chi connectivity index (χ3v) is 3.63. The van der Waals surface area contributed by atoms with Crippen LogP contribution in [0.2, 0.25) is 0 Å². The van der Waals surface area contributed by atoms with Gasteiger partial charge in [0.2, 0.25) is 0 Å². The third kappa shape index (κ3) is 1.64. The number of thioether (sulfide) groups is 1. The second-order valence-electron chi connectivity index (χ2n) is 3.46. The molecule has 1 nitrogen and oxygen atoms in total. The Balaban J connectivity index is 2.36. The van der Waals surface area contributed by atoms with E-state index in [1.807, 2.05) is 0 Å². The van der Waals surface area contributed by atoms with E-state index in [-0.39, 0.29) is 0 Å². The molecular formula is C10H10F2OS. The number of halogens is 2. The minimum atomic E-state index is -0.973. The fourth-order valence-corrected chi connectivity index (χ4v) is 2.84. The maximum atomic E-state index is 12.9. The van der Waals surface area contributed by atoms with E-state index in [0.717, 1.165) is 17.9 Å². The highest BCUT2D eigenvalue weighted by molar-refractivity contribution is 7.99. The van der Waals surface area contributed by atoms with Crippen LogP contribution in [0, 0.1) is 11.6 Å². The first-order chi connectivity index (χ1) is 6.62. The van der Waals surface area contributed by atoms with Crippen molar-refractivity contribution in [3.63, 3.8) is 0 Å². The van der Waals surface area contributed by atoms with Gasteiger partial charge in [0.05, 0.1) is 5.60 Å². The van der Waals surface area contributed by atoms with Crippen LogP contribution in [0.15, 0.2) is 18.2 Å². The molecule has 1 fully saturated rings. The molecule has 0 spiro atoms. The molecular weight excluding hydrogens is 206 g/mol. The molecule has 1 N–H and O–H groups in total. The molecule has 0 aromatic heterocycles. The minimum absolute atomic E-state index is 0.474. The average Bonchev–Trinajstić information content (AvgIpc) is 2.58. The smallest absolute Gasteiger partial charge is 0.159 e. The molecule has 1 aliphatic rings. The van der Waals surface area contributed by atoms with Gasteiger partial charge >= 0.3 is 0 Å². The molecule has 14 heavy (non-hydrogen) atoms. The zero-order chi connectivity index (χ0) is 10.2. The van der Waals surface area contributed by atoms with Gasteiger partial charge in [-0.05, 0) is 29.9 Å². The Hall–Kier alpha value is -0.610. The lowest BCUT2D eigenvalue weighted by Gasteiger charge is -2.21. The second kappa shape index (κ2) is 3.51. The quantitative estimate of drug-likeness (QED) is 0.777. The first-order valence-electron chi connectivity index (χ1n) is 4.37. The zero-order valence-electron chi connectivity index (χ0n) is 7.46. The summed E-state index contributed by atoms with van der Waals surface area (Å²) in [6.07, 6.45) is 0.600. The van der Waals surface area contributed by atoms with E-state index in [9.17, 15) is 13.9 Å². The third-order valence-electron chi connectivity index (χ3n) is 2.46. The monoisotopic (exact) mass is 216 g/mol. The molecule has 1 saturated heterocycles. The van der Waals surface area contributed by atoms with Crippen molar-refractivity contribution in [2.45, 2.75) is 12.0 Å². The van der Waals surface area contributed by atoms with E-state index >= 15 is 0 Å². The van der Waals surface area contributed by atoms with Crippen molar-refractivity contribution in [3.05, 3.63) is 35.4 Å². The van der Waals surface area contributed by atoms with Crippen molar-refractivity contribution in [3.8, 4) is 0 Å². The van der Waals surface area contributed by atoms with Gasteiger partial charge in [-0.2, -0.15) is 11.8 Å². The summed E-state index contributed by atoms with van der Waals surface area (Å²) in [5.74, 6) is -0.357. The number of hydrogen-bond donors (Lipinski definition) is 1. The van der Waals surface area contributed by atoms with Crippen LogP contribution in [0.3, 0.4) is 0 Å². The Morgan fingerprint density at radius 1 is 1.29 bits per heavy atom. The summed E-state index contributed by atoms with van der Waals surface area (Å²) in [5, 5.41) is 10.1. The van der Waals surface area contributed by atoms with Gasteiger partial charge in [-0.25, -0.2) is 8.78 Å². The molecule has 0 amide bonds. The average molecular weight is 216 g/mol. The molecule has 76 valence electrons. The molecule has 1 aliphatic heterocycles. The number of benzene rings is 1. The second-order valence-corrected chi connectivity index (χ2v) is 4.57. The van der Waals surface area contributed by atoms with Gasteiger partial charge in [0.25, 0.3) is 0 Å². The summed E-state index contributed by atoms with van der Waals surface area (Å²) in [6.45, 7) is 0. The predicted octanol–water partition coefficient (Wildman–Crippen LogP) is 2.29. The Kier molecular flexibility index (Phi) is 2.49. The summed E-state index contributed by atoms with van der Waals surface area (Å²) in [5.41, 5.74) is -0.499. The maximum Gasteiger partial charge on any atom is 0.159 e. The molecule has 1 heterocycles. The lowest BCUT2D eigenvalue weighted by Crippen LogP contribution is -2.24. The Bertz CT molecular complexity index is 348. The Morgan fingerprint density at radius 3 is 2.64 bits per heavy atom. The SMILES string of the molecule is OC1(c2ccc(F)c(F)c2)CCSC1. The van der Waals surface area contributed by atoms with Crippen LogP contribution < -0.4 is 0 Å². The summed E-state index contributed by atoms with van der Waals surface area (Å²) in [7, 11) is 0. The van der Waals surface area contributed by atoms with Gasteiger partial charge < -0.3 is 5.11 Å². The van der Waals surface area contributed by atoms with Crippen LogP contribution in [0.1, 0.15) is 12.0 Å². The van der Waals surface area contributed by atoms with E-state index < -0.39 is 17.2 Å². The van der Waals surface area contributed by atoms with Crippen LogP contribution in [-0.2, 0) is 5.60 Å². The topological polar surface area (TPSA) is 20.2 Å². The molecule has 1 aromatic rings. The number of aliphatic hydroxyl groups is 1. The zero-order valence-corrected chi connectivity index (χ0v) is 8.28. The summed E-state index contributed by atoms with van der Waals surface area (Å²) >= 11 is 1.62. The summed E-state index contributed by atoms with van der Waals surface area (Å²) < 4.78 is 25.6. The number of hydrogen-bond acceptors (Lipinski definition) is 2. The highest BCUT2D eigenvalue weighted by Gasteiger charge is 2.34. The molecule has 4 heteroatoms. The van der Waals surface area contributed by atoms with Crippen LogP contribution in [-0.4, -0.2) is 16.6 Å². The van der Waals surface area contributed by atoms with E-state index in [2.05, 4.69) is 0 Å². The molecule has 0 radical (unpaired) electrons. The van der Waals surface area contributed by atoms with Crippen molar-refractivity contribution in [1.29, 1.82) is 0 Å². The van der Waals surface area contributed by atoms with E-state index in [0.29, 0.717) is 17.7 Å². The normalized spacial score (nSPS) is 26.8. The fourth-order valence-electron chi connectivity index (χ4n) is 1.57. The standard InChI is InChI=1S/C10H10F2OS/c11-8-2-1-7(5-9(8)12)10(13)3-4-14-6-10/h1-2,5,13H,3-4,6H2. The van der Waals surface area contributed by atoms with Gasteiger partial charge in [-0.15, -0.1) is 0 Å². The largest absolute Gasteiger partial charge is 0.384 e. The van der Waals surface area contributed by atoms with Crippen LogP contribution in [0.5, 0.6) is 0 Å². The molecule has 1 atom stereocenters. The van der Waals surface area contributed by atoms with Crippen molar-refractivity contribution in [1.82, 2.24) is 0 Å². The molecule has 2 rings (SSSR count). The summed E-state index contributed by atoms with van der Waals surface area (Å²) in [6, 6.07) is 3.59. The highest BCUT2D eigenvalue weighted by atomic mass is 32.2. The van der Waals surface area contributed by atoms with Gasteiger partial charge in [0.15, 0.2) is 11.6 Å². The molecule has 1 aromatic carbocycles. The van der Waals surface area contributed by atoms with Crippen LogP contribution >= 0.6 is 11.8 Å². The maximum absolute atomic E-state index is 12.9. The lowest BCUT2D eigenvalue weighted by molar-refractivity contribution is 0.0653. The van der Waals surface area contributed by atoms with Gasteiger partial charge in [0.1, 0.15) is 0 Å². The van der Waals surface area contributed by atoms with E-state index in [1.54, 1.807) is 11.8 Å². The van der Waals surface area contributed by atoms with Crippen LogP contribution in [0.4, 0.5) is 8.78 Å². The van der Waals surface area contributed by atoms with Crippen LogP contribution in [0.25, 0.3) is 0 Å². The van der Waals surface area contributed by atoms with Gasteiger partial charge in [-0.1, -0.05) is 6.07 Å². The van der Waals surface area contributed by atoms with Crippen molar-refractivity contribution < 1.29 is 13.9 Å². The van der Waals surface area contributed by atoms with Crippen molar-refractivity contribution in [2.24, 2.45) is 0 Å². The molecule has 0 bridgehead atoms. The Labute approximate surface area is 85.1 Å². The molecule has 1 unspecified atom stereocenters. The predicted molar refractivity (Wildman–Crippen MR) is 52.2 cm³/mol. The van der Waals surface area contributed by atoms with Gasteiger partial charge in [-0.3, -0.25) is 0 Å². The van der Waals surface area contributed by atoms with Crippen molar-refractivity contribution in [2.75, 3.05) is 11.5 Å². The first-order valence-corrected chi connectivity index (χ1v) is 5.53. The number of rotatable bonds is 1. The van der Waals surface area contributed by atoms with E-state index in [4.69, 9.17) is 0 Å².